The molecule has 0 atom stereocenters. The molecule has 4 rings (SSSR count). The van der Waals surface area contributed by atoms with Crippen LogP contribution in [0.3, 0.4) is 0 Å². The number of imidazole rings is 1. The summed E-state index contributed by atoms with van der Waals surface area (Å²) in [4.78, 5) is 22.4. The largest absolute Gasteiger partial charge is 0.465 e. The number of amides is 1. The Morgan fingerprint density at radius 2 is 2.03 bits per heavy atom. The van der Waals surface area contributed by atoms with Crippen molar-refractivity contribution >= 4 is 34.8 Å². The third kappa shape index (κ3) is 3.29. The second-order valence-corrected chi connectivity index (χ2v) is 7.76. The van der Waals surface area contributed by atoms with Crippen LogP contribution in [0.2, 0.25) is 5.15 Å². The van der Waals surface area contributed by atoms with E-state index < -0.39 is 6.09 Å². The Kier molecular flexibility index (Phi) is 4.66. The lowest BCUT2D eigenvalue weighted by atomic mass is 10.1. The van der Waals surface area contributed by atoms with E-state index in [1.54, 1.807) is 6.20 Å². The van der Waals surface area contributed by atoms with Gasteiger partial charge in [0.25, 0.3) is 0 Å². The molecule has 29 heavy (non-hydrogen) atoms. The zero-order valence-electron chi connectivity index (χ0n) is 16.6. The van der Waals surface area contributed by atoms with Gasteiger partial charge in [0.1, 0.15) is 16.6 Å². The number of fused-ring (bicyclic) bond motifs is 2. The van der Waals surface area contributed by atoms with Crippen LogP contribution < -0.4 is 4.90 Å². The molecule has 1 N–H and O–H groups in total. The van der Waals surface area contributed by atoms with Crippen molar-refractivity contribution in [3.8, 4) is 0 Å². The molecule has 4 heterocycles. The quantitative estimate of drug-likeness (QED) is 0.500. The minimum absolute atomic E-state index is 0.0949. The van der Waals surface area contributed by atoms with Crippen LogP contribution in [-0.4, -0.2) is 35.2 Å². The maximum absolute atomic E-state index is 12.2. The zero-order chi connectivity index (χ0) is 20.9. The van der Waals surface area contributed by atoms with Gasteiger partial charge >= 0.3 is 6.09 Å². The molecule has 1 amide bonds. The van der Waals surface area contributed by atoms with Crippen molar-refractivity contribution in [3.05, 3.63) is 58.3 Å². The average molecular weight is 413 g/mol. The minimum Gasteiger partial charge on any atom is -0.465 e. The molecular formula is C20H21ClN6O2. The molecule has 0 saturated carbocycles. The van der Waals surface area contributed by atoms with E-state index in [2.05, 4.69) is 15.1 Å². The van der Waals surface area contributed by atoms with Crippen LogP contribution in [0.15, 0.2) is 30.6 Å². The van der Waals surface area contributed by atoms with E-state index >= 15 is 0 Å². The number of nitrogens with zero attached hydrogens (tertiary/aromatic N) is 6. The summed E-state index contributed by atoms with van der Waals surface area (Å²) >= 11 is 6.24. The van der Waals surface area contributed by atoms with E-state index in [1.165, 1.54) is 15.5 Å². The maximum atomic E-state index is 12.2. The van der Waals surface area contributed by atoms with Gasteiger partial charge in [-0.15, -0.1) is 0 Å². The Morgan fingerprint density at radius 3 is 2.72 bits per heavy atom. The van der Waals surface area contributed by atoms with E-state index in [1.807, 2.05) is 50.4 Å². The highest BCUT2D eigenvalue weighted by atomic mass is 35.5. The van der Waals surface area contributed by atoms with Gasteiger partial charge in [0, 0.05) is 17.8 Å². The molecular weight excluding hydrogens is 392 g/mol. The third-order valence-electron chi connectivity index (χ3n) is 4.97. The first kappa shape index (κ1) is 19.2. The van der Waals surface area contributed by atoms with Crippen LogP contribution in [0.1, 0.15) is 42.3 Å². The summed E-state index contributed by atoms with van der Waals surface area (Å²) in [6.07, 6.45) is 2.49. The molecule has 0 radical (unpaired) electrons. The van der Waals surface area contributed by atoms with Crippen LogP contribution >= 0.6 is 11.6 Å². The van der Waals surface area contributed by atoms with Crippen LogP contribution in [0.25, 0.3) is 11.3 Å². The fourth-order valence-electron chi connectivity index (χ4n) is 3.44. The molecule has 8 nitrogen and oxygen atoms in total. The first-order valence-corrected chi connectivity index (χ1v) is 9.63. The maximum Gasteiger partial charge on any atom is 0.413 e. The average Bonchev–Trinajstić information content (AvgIpc) is 3.19. The lowest BCUT2D eigenvalue weighted by molar-refractivity contribution is 0.201. The predicted octanol–water partition coefficient (Wildman–Crippen LogP) is 4.46. The molecule has 9 heteroatoms. The number of hydrogen-bond donors (Lipinski definition) is 1. The number of anilines is 1. The zero-order valence-corrected chi connectivity index (χ0v) is 17.3. The number of rotatable bonds is 4. The summed E-state index contributed by atoms with van der Waals surface area (Å²) in [6.45, 7) is 8.01. The van der Waals surface area contributed by atoms with Gasteiger partial charge in [-0.3, -0.25) is 4.90 Å². The molecule has 4 aromatic rings. The Bertz CT molecular complexity index is 1240. The van der Waals surface area contributed by atoms with Gasteiger partial charge in [0.15, 0.2) is 5.65 Å². The molecule has 0 aliphatic heterocycles. The second-order valence-electron chi connectivity index (χ2n) is 7.37. The van der Waals surface area contributed by atoms with Gasteiger partial charge in [0.2, 0.25) is 0 Å². The van der Waals surface area contributed by atoms with Gasteiger partial charge in [-0.05, 0) is 37.5 Å². The number of carbonyl (C=O) groups is 1. The predicted molar refractivity (Wildman–Crippen MR) is 111 cm³/mol. The SMILES string of the molecule is Cc1ccn2c(CN(C(=O)O)c3cc(Cl)nc4c(C(C)C)cnn34)c(C)nc2c1. The summed E-state index contributed by atoms with van der Waals surface area (Å²) in [5.41, 5.74) is 4.87. The summed E-state index contributed by atoms with van der Waals surface area (Å²) in [6, 6.07) is 5.45. The van der Waals surface area contributed by atoms with Crippen LogP contribution in [0.4, 0.5) is 10.6 Å². The van der Waals surface area contributed by atoms with Crippen molar-refractivity contribution in [2.45, 2.75) is 40.2 Å². The number of halogens is 1. The molecule has 4 aromatic heterocycles. The number of carboxylic acid groups (broad SMARTS) is 1. The fourth-order valence-corrected chi connectivity index (χ4v) is 3.61. The van der Waals surface area contributed by atoms with Crippen molar-refractivity contribution in [2.24, 2.45) is 0 Å². The molecule has 0 aliphatic carbocycles. The Morgan fingerprint density at radius 1 is 1.28 bits per heavy atom. The monoisotopic (exact) mass is 412 g/mol. The van der Waals surface area contributed by atoms with Gasteiger partial charge in [-0.1, -0.05) is 25.4 Å². The van der Waals surface area contributed by atoms with Gasteiger partial charge < -0.3 is 9.51 Å². The molecule has 0 unspecified atom stereocenters. The Labute approximate surface area is 172 Å². The van der Waals surface area contributed by atoms with Crippen molar-refractivity contribution in [1.29, 1.82) is 0 Å². The highest BCUT2D eigenvalue weighted by Crippen LogP contribution is 2.27. The number of aryl methyl sites for hydroxylation is 2. The molecule has 0 aromatic carbocycles. The van der Waals surface area contributed by atoms with E-state index in [-0.39, 0.29) is 17.6 Å². The van der Waals surface area contributed by atoms with Gasteiger partial charge in [0.05, 0.1) is 24.1 Å². The molecule has 0 aliphatic rings. The smallest absolute Gasteiger partial charge is 0.413 e. The number of aromatic nitrogens is 5. The molecule has 0 fully saturated rings. The van der Waals surface area contributed by atoms with Crippen molar-refractivity contribution in [3.63, 3.8) is 0 Å². The third-order valence-corrected chi connectivity index (χ3v) is 5.16. The molecule has 0 spiro atoms. The molecule has 0 bridgehead atoms. The lowest BCUT2D eigenvalue weighted by Gasteiger charge is -2.20. The van der Waals surface area contributed by atoms with Gasteiger partial charge in [-0.2, -0.15) is 9.61 Å². The summed E-state index contributed by atoms with van der Waals surface area (Å²) in [5.74, 6) is 0.509. The van der Waals surface area contributed by atoms with E-state index in [9.17, 15) is 9.90 Å². The van der Waals surface area contributed by atoms with E-state index in [0.717, 1.165) is 28.2 Å². The Balaban J connectivity index is 1.86. The number of hydrogen-bond acceptors (Lipinski definition) is 4. The molecule has 0 saturated heterocycles. The van der Waals surface area contributed by atoms with Crippen LogP contribution in [-0.2, 0) is 6.54 Å². The van der Waals surface area contributed by atoms with Crippen LogP contribution in [0, 0.1) is 13.8 Å². The summed E-state index contributed by atoms with van der Waals surface area (Å²) in [5, 5.41) is 14.6. The highest BCUT2D eigenvalue weighted by molar-refractivity contribution is 6.29. The lowest BCUT2D eigenvalue weighted by Crippen LogP contribution is -2.31. The van der Waals surface area contributed by atoms with Crippen LogP contribution in [0.5, 0.6) is 0 Å². The fraction of sp³-hybridized carbons (Fsp3) is 0.300. The topological polar surface area (TPSA) is 88.0 Å². The number of pyridine rings is 1. The summed E-state index contributed by atoms with van der Waals surface area (Å²) < 4.78 is 3.43. The minimum atomic E-state index is -1.11. The standard InChI is InChI=1S/C20H21ClN6O2/c1-11(2)14-9-22-27-18(8-16(21)24-19(14)27)26(20(28)29)10-15-13(4)23-17-7-12(3)5-6-25(15)17/h5-9,11H,10H2,1-4H3,(H,28,29). The van der Waals surface area contributed by atoms with E-state index in [4.69, 9.17) is 11.6 Å². The van der Waals surface area contributed by atoms with Crippen molar-refractivity contribution in [1.82, 2.24) is 24.0 Å². The van der Waals surface area contributed by atoms with Gasteiger partial charge in [-0.25, -0.2) is 14.8 Å². The van der Waals surface area contributed by atoms with Crippen molar-refractivity contribution in [2.75, 3.05) is 4.90 Å². The van der Waals surface area contributed by atoms with E-state index in [0.29, 0.717) is 11.5 Å². The second kappa shape index (κ2) is 7.04. The first-order valence-electron chi connectivity index (χ1n) is 9.25. The highest BCUT2D eigenvalue weighted by Gasteiger charge is 2.24. The normalized spacial score (nSPS) is 11.7. The first-order chi connectivity index (χ1) is 13.8. The molecule has 150 valence electrons. The Hall–Kier alpha value is -3.13. The summed E-state index contributed by atoms with van der Waals surface area (Å²) in [7, 11) is 0. The van der Waals surface area contributed by atoms with Crippen molar-refractivity contribution < 1.29 is 9.90 Å².